The number of unbranched alkanes of at least 4 members (excludes halogenated alkanes) is 1. The van der Waals surface area contributed by atoms with Crippen LogP contribution in [0.1, 0.15) is 131 Å². The van der Waals surface area contributed by atoms with Gasteiger partial charge in [0.05, 0.1) is 31.0 Å². The van der Waals surface area contributed by atoms with Gasteiger partial charge in [0.2, 0.25) is 15.6 Å². The number of hydrogen-bond donors (Lipinski definition) is 5. The minimum absolute atomic E-state index is 0.0111. The fourth-order valence-corrected chi connectivity index (χ4v) is 16.3. The molecule has 4 rings (SSSR count). The smallest absolute Gasteiger partial charge is 0.411 e. The van der Waals surface area contributed by atoms with Gasteiger partial charge in [-0.15, -0.1) is 0 Å². The van der Waals surface area contributed by atoms with Crippen LogP contribution in [0.5, 0.6) is 11.5 Å². The number of halogens is 3. The van der Waals surface area contributed by atoms with Gasteiger partial charge in [0.15, 0.2) is 14.1 Å². The van der Waals surface area contributed by atoms with E-state index in [9.17, 15) is 24.0 Å². The molecule has 6 amide bonds. The van der Waals surface area contributed by atoms with Crippen molar-refractivity contribution in [1.82, 2.24) is 20.9 Å². The van der Waals surface area contributed by atoms with Gasteiger partial charge in [0.1, 0.15) is 37.7 Å². The fraction of sp³-hybridized carbons (Fsp3) is 0.643. The summed E-state index contributed by atoms with van der Waals surface area (Å²) in [5.41, 5.74) is 2.14. The Balaban J connectivity index is 1.55. The van der Waals surface area contributed by atoms with Crippen LogP contribution in [0.2, 0.25) is 34.8 Å². The van der Waals surface area contributed by atoms with Crippen LogP contribution in [0.15, 0.2) is 49.1 Å². The maximum absolute atomic E-state index is 15.0. The summed E-state index contributed by atoms with van der Waals surface area (Å²) >= 11 is 17.0. The van der Waals surface area contributed by atoms with E-state index in [0.717, 1.165) is 19.3 Å². The lowest BCUT2D eigenvalue weighted by molar-refractivity contribution is -0.128. The predicted molar refractivity (Wildman–Crippen MR) is 317 cm³/mol. The highest BCUT2D eigenvalue weighted by molar-refractivity contribution is 6.78. The molecular formula is C56H87Cl3N6O12Si2. The number of anilines is 2. The second kappa shape index (κ2) is 28.8. The third-order valence-electron chi connectivity index (χ3n) is 15.4. The van der Waals surface area contributed by atoms with Crippen molar-refractivity contribution in [3.8, 4) is 11.5 Å². The van der Waals surface area contributed by atoms with Gasteiger partial charge in [0, 0.05) is 24.8 Å². The van der Waals surface area contributed by atoms with E-state index in [1.165, 1.54) is 6.08 Å². The SMILES string of the molecule is C=CCOC(=O)N[C@H](C(=O)N[C@@H](CCCCNC(=O)OCC(Cl)(Cl)Cl)C(=O)Nc1ccc(COC(=O)Nc2cc(O[Si](C(C)C)(C(C)C)C(C)C)c(OC)cc2C(=O)N2CC3(CC3)C[C@H]2CO[Si](C)(C)C(C)(C)C)cc1)C(C)C. The number of likely N-dealkylation sites (tertiary alicyclic amines) is 1. The van der Waals surface area contributed by atoms with Crippen LogP contribution in [0.3, 0.4) is 0 Å². The number of hydrogen-bond acceptors (Lipinski definition) is 12. The van der Waals surface area contributed by atoms with Crippen LogP contribution >= 0.6 is 34.8 Å². The van der Waals surface area contributed by atoms with E-state index in [1.807, 2.05) is 4.90 Å². The number of carbonyl (C=O) groups is 6. The first-order valence-corrected chi connectivity index (χ1v) is 33.5. The van der Waals surface area contributed by atoms with Gasteiger partial charge >= 0.3 is 18.3 Å². The molecule has 0 bridgehead atoms. The molecule has 1 saturated heterocycles. The second-order valence-electron chi connectivity index (χ2n) is 23.6. The van der Waals surface area contributed by atoms with Gasteiger partial charge in [-0.3, -0.25) is 19.7 Å². The molecule has 5 N–H and O–H groups in total. The lowest BCUT2D eigenvalue weighted by Crippen LogP contribution is -2.54. The largest absolute Gasteiger partial charge is 0.540 e. The lowest BCUT2D eigenvalue weighted by atomic mass is 10.0. The minimum Gasteiger partial charge on any atom is -0.540 e. The average molecular weight is 1200 g/mol. The monoisotopic (exact) mass is 1200 g/mol. The molecular weight excluding hydrogens is 1110 g/mol. The number of carbonyl (C=O) groups excluding carboxylic acids is 6. The number of rotatable bonds is 27. The minimum atomic E-state index is -2.56. The van der Waals surface area contributed by atoms with Crippen LogP contribution in [-0.2, 0) is 34.8 Å². The number of benzene rings is 2. The molecule has 1 heterocycles. The summed E-state index contributed by atoms with van der Waals surface area (Å²) in [5, 5.41) is 13.6. The average Bonchev–Trinajstić information content (AvgIpc) is 4.28. The van der Waals surface area contributed by atoms with Crippen LogP contribution in [0.4, 0.5) is 25.8 Å². The molecule has 23 heteroatoms. The Morgan fingerprint density at radius 2 is 1.44 bits per heavy atom. The van der Waals surface area contributed by atoms with Crippen LogP contribution in [0.25, 0.3) is 0 Å². The predicted octanol–water partition coefficient (Wildman–Crippen LogP) is 12.6. The Kier molecular flexibility index (Phi) is 24.3. The summed E-state index contributed by atoms with van der Waals surface area (Å²) < 4.78 is 33.8. The molecule has 0 aromatic heterocycles. The van der Waals surface area contributed by atoms with E-state index < -0.39 is 69.2 Å². The topological polar surface area (TPSA) is 221 Å². The second-order valence-corrected chi connectivity index (χ2v) is 36.3. The van der Waals surface area contributed by atoms with E-state index in [1.54, 1.807) is 57.4 Å². The number of alkyl halides is 3. The van der Waals surface area contributed by atoms with Gasteiger partial charge in [0.25, 0.3) is 14.2 Å². The molecule has 2 aromatic rings. The quantitative estimate of drug-likeness (QED) is 0.0185. The summed E-state index contributed by atoms with van der Waals surface area (Å²) in [6, 6.07) is 7.69. The number of nitrogens with one attached hydrogen (secondary N) is 5. The molecule has 0 unspecified atom stereocenters. The highest BCUT2D eigenvalue weighted by Crippen LogP contribution is 2.56. The summed E-state index contributed by atoms with van der Waals surface area (Å²) in [5.74, 6) is -0.974. The van der Waals surface area contributed by atoms with E-state index in [-0.39, 0.29) is 82.4 Å². The Labute approximate surface area is 485 Å². The lowest BCUT2D eigenvalue weighted by Gasteiger charge is -2.42. The zero-order chi connectivity index (χ0) is 59.3. The molecule has 79 heavy (non-hydrogen) atoms. The van der Waals surface area contributed by atoms with E-state index >= 15 is 4.79 Å². The Hall–Kier alpha value is -4.74. The van der Waals surface area contributed by atoms with Crippen molar-refractivity contribution < 1.29 is 56.6 Å². The molecule has 2 aromatic carbocycles. The summed E-state index contributed by atoms with van der Waals surface area (Å²) in [7, 11) is -3.16. The van der Waals surface area contributed by atoms with Gasteiger partial charge in [-0.1, -0.05) is 136 Å². The Morgan fingerprint density at radius 3 is 1.99 bits per heavy atom. The maximum atomic E-state index is 15.0. The normalized spacial score (nSPS) is 16.1. The molecule has 18 nitrogen and oxygen atoms in total. The molecule has 1 aliphatic heterocycles. The van der Waals surface area contributed by atoms with Gasteiger partial charge in [-0.05, 0) is 108 Å². The highest BCUT2D eigenvalue weighted by Gasteiger charge is 2.54. The van der Waals surface area contributed by atoms with Gasteiger partial charge in [-0.2, -0.15) is 0 Å². The molecule has 0 radical (unpaired) electrons. The van der Waals surface area contributed by atoms with Crippen molar-refractivity contribution in [2.24, 2.45) is 11.3 Å². The Morgan fingerprint density at radius 1 is 0.810 bits per heavy atom. The van der Waals surface area contributed by atoms with E-state index in [4.69, 9.17) is 62.6 Å². The molecule has 1 saturated carbocycles. The van der Waals surface area contributed by atoms with Gasteiger partial charge in [-0.25, -0.2) is 14.4 Å². The first kappa shape index (κ1) is 66.8. The fourth-order valence-electron chi connectivity index (χ4n) is 9.83. The standard InChI is InChI=1S/C56H87Cl3N6O12Si2/c1-16-27-73-53(71)64-47(35(2)3)49(67)62-43(19-17-18-26-60-51(69)75-34-56(57,58)59)48(66)61-40-22-20-39(21-23-40)31-74-52(70)63-44-29-46(77-79(36(4)5,37(6)7)38(8)9)45(72-13)28-42(44)50(68)65-33-55(24-25-55)30-41(65)32-76-78(14,15)54(10,11)12/h16,20-23,28-29,35-38,41,43,47H,1,17-19,24-27,30-34H2,2-15H3,(H,60,69)(H,61,66)(H,62,67)(H,63,70)(H,64,71)/t41-,43-,47-/m0/s1. The molecule has 2 fully saturated rings. The number of amides is 6. The van der Waals surface area contributed by atoms with Crippen molar-refractivity contribution >= 4 is 98.8 Å². The first-order valence-electron chi connectivity index (χ1n) is 27.3. The zero-order valence-electron chi connectivity index (χ0n) is 48.8. The number of alkyl carbamates (subject to hydrolysis) is 2. The van der Waals surface area contributed by atoms with E-state index in [2.05, 4.69) is 109 Å². The third-order valence-corrected chi connectivity index (χ3v) is 26.2. The zero-order valence-corrected chi connectivity index (χ0v) is 53.0. The molecule has 442 valence electrons. The maximum Gasteiger partial charge on any atom is 0.411 e. The van der Waals surface area contributed by atoms with Crippen molar-refractivity contribution in [2.45, 2.75) is 178 Å². The van der Waals surface area contributed by atoms with Crippen LogP contribution in [-0.4, -0.2) is 119 Å². The van der Waals surface area contributed by atoms with E-state index in [0.29, 0.717) is 48.7 Å². The van der Waals surface area contributed by atoms with Gasteiger partial charge < -0.3 is 54.0 Å². The van der Waals surface area contributed by atoms with Crippen molar-refractivity contribution in [3.05, 3.63) is 60.2 Å². The molecule has 1 aliphatic carbocycles. The van der Waals surface area contributed by atoms with Crippen LogP contribution in [0, 0.1) is 11.3 Å². The van der Waals surface area contributed by atoms with Crippen molar-refractivity contribution in [3.63, 3.8) is 0 Å². The number of methoxy groups -OCH3 is 1. The number of ether oxygens (including phenoxy) is 4. The molecule has 1 spiro atoms. The first-order chi connectivity index (χ1) is 36.8. The highest BCUT2D eigenvalue weighted by atomic mass is 35.6. The molecule has 3 atom stereocenters. The summed E-state index contributed by atoms with van der Waals surface area (Å²) in [6.45, 7) is 31.6. The Bertz CT molecular complexity index is 2410. The third kappa shape index (κ3) is 19.2. The van der Waals surface area contributed by atoms with Crippen molar-refractivity contribution in [2.75, 3.05) is 50.7 Å². The van der Waals surface area contributed by atoms with Crippen LogP contribution < -0.4 is 35.7 Å². The summed E-state index contributed by atoms with van der Waals surface area (Å²) in [6.07, 6.45) is 2.78. The van der Waals surface area contributed by atoms with Crippen molar-refractivity contribution in [1.29, 1.82) is 0 Å². The number of nitrogens with zero attached hydrogens (tertiary/aromatic N) is 1. The molecule has 2 aliphatic rings. The summed E-state index contributed by atoms with van der Waals surface area (Å²) in [4.78, 5) is 82.9.